The number of Topliss-reactive ketones (excluding diaryl/α,β-unsaturated/α-hetero) is 1. The highest BCUT2D eigenvalue weighted by Crippen LogP contribution is 2.31. The molecule has 0 saturated heterocycles. The standard InChI is InChI=1S/C27H37N5O3.H2/c1-6-21(7-2)35-25-12-11-24-29-31(26(28)32(24)30-25)16-23(33)19-13-20(27(3,4)5)15-22(14-19)34-17-18-9-8-10-18;/h11-15,18,21,28H,6-10,16-17H2,1-5H3;1H. The van der Waals surface area contributed by atoms with Crippen molar-refractivity contribution < 1.29 is 15.7 Å². The molecule has 1 saturated carbocycles. The van der Waals surface area contributed by atoms with Gasteiger partial charge in [0, 0.05) is 13.1 Å². The largest absolute Gasteiger partial charge is 0.493 e. The summed E-state index contributed by atoms with van der Waals surface area (Å²) >= 11 is 0. The fourth-order valence-electron chi connectivity index (χ4n) is 4.09. The fraction of sp³-hybridized carbons (Fsp3) is 0.556. The Kier molecular flexibility index (Phi) is 7.28. The maximum absolute atomic E-state index is 13.3. The van der Waals surface area contributed by atoms with E-state index in [1.54, 1.807) is 12.1 Å². The molecule has 1 aromatic carbocycles. The number of ether oxygens (including phenoxy) is 2. The first-order valence-electron chi connectivity index (χ1n) is 12.7. The summed E-state index contributed by atoms with van der Waals surface area (Å²) in [4.78, 5) is 13.3. The number of nitrogens with one attached hydrogen (secondary N) is 1. The molecule has 0 spiro atoms. The van der Waals surface area contributed by atoms with E-state index in [9.17, 15) is 4.79 Å². The Labute approximate surface area is 208 Å². The molecule has 0 amide bonds. The van der Waals surface area contributed by atoms with Crippen molar-refractivity contribution in [2.24, 2.45) is 5.92 Å². The van der Waals surface area contributed by atoms with Crippen molar-refractivity contribution in [1.82, 2.24) is 19.4 Å². The third kappa shape index (κ3) is 5.74. The molecule has 0 radical (unpaired) electrons. The molecular formula is C27H39N5O3. The van der Waals surface area contributed by atoms with Crippen molar-refractivity contribution in [3.63, 3.8) is 0 Å². The molecule has 2 aromatic heterocycles. The van der Waals surface area contributed by atoms with Crippen LogP contribution in [0.4, 0.5) is 0 Å². The lowest BCUT2D eigenvalue weighted by Crippen LogP contribution is -2.27. The Morgan fingerprint density at radius 2 is 1.91 bits per heavy atom. The van der Waals surface area contributed by atoms with Gasteiger partial charge in [0.1, 0.15) is 12.3 Å². The van der Waals surface area contributed by atoms with Crippen LogP contribution in [0.25, 0.3) is 5.65 Å². The Morgan fingerprint density at radius 1 is 1.17 bits per heavy atom. The van der Waals surface area contributed by atoms with E-state index in [0.717, 1.165) is 24.2 Å². The van der Waals surface area contributed by atoms with Crippen molar-refractivity contribution in [2.45, 2.75) is 84.8 Å². The number of benzene rings is 1. The molecule has 0 bridgehead atoms. The van der Waals surface area contributed by atoms with Crippen LogP contribution >= 0.6 is 0 Å². The van der Waals surface area contributed by atoms with Crippen molar-refractivity contribution in [3.05, 3.63) is 47.1 Å². The van der Waals surface area contributed by atoms with Gasteiger partial charge in [0.05, 0.1) is 12.7 Å². The molecule has 8 nitrogen and oxygen atoms in total. The maximum atomic E-state index is 13.3. The molecule has 4 rings (SSSR count). The molecule has 35 heavy (non-hydrogen) atoms. The van der Waals surface area contributed by atoms with E-state index < -0.39 is 0 Å². The zero-order chi connectivity index (χ0) is 25.2. The lowest BCUT2D eigenvalue weighted by atomic mass is 9.85. The van der Waals surface area contributed by atoms with Gasteiger partial charge in [-0.1, -0.05) is 41.0 Å². The molecule has 0 atom stereocenters. The first-order chi connectivity index (χ1) is 16.7. The predicted octanol–water partition coefficient (Wildman–Crippen LogP) is 5.18. The number of aromatic nitrogens is 4. The summed E-state index contributed by atoms with van der Waals surface area (Å²) in [5.41, 5.74) is 2.00. The highest BCUT2D eigenvalue weighted by atomic mass is 16.5. The molecule has 2 heterocycles. The third-order valence-corrected chi connectivity index (χ3v) is 6.76. The number of carbonyl (C=O) groups excluding carboxylic acids is 1. The minimum absolute atomic E-state index is 0. The topological polar surface area (TPSA) is 94.5 Å². The van der Waals surface area contributed by atoms with Crippen LogP contribution in [0.2, 0.25) is 0 Å². The quantitative estimate of drug-likeness (QED) is 0.403. The van der Waals surface area contributed by atoms with E-state index in [2.05, 4.69) is 44.8 Å². The molecule has 1 fully saturated rings. The lowest BCUT2D eigenvalue weighted by molar-refractivity contribution is 0.0964. The summed E-state index contributed by atoms with van der Waals surface area (Å²) in [5, 5.41) is 17.4. The second kappa shape index (κ2) is 10.2. The predicted molar refractivity (Wildman–Crippen MR) is 136 cm³/mol. The summed E-state index contributed by atoms with van der Waals surface area (Å²) in [7, 11) is 0. The minimum Gasteiger partial charge on any atom is -0.493 e. The number of ketones is 1. The summed E-state index contributed by atoms with van der Waals surface area (Å²) in [6, 6.07) is 9.30. The van der Waals surface area contributed by atoms with Crippen molar-refractivity contribution in [3.8, 4) is 11.6 Å². The average molecular weight is 482 g/mol. The molecule has 1 aliphatic rings. The minimum atomic E-state index is -0.128. The van der Waals surface area contributed by atoms with E-state index in [-0.39, 0.29) is 30.9 Å². The molecule has 190 valence electrons. The van der Waals surface area contributed by atoms with Gasteiger partial charge in [0.2, 0.25) is 11.5 Å². The Balaban J connectivity index is 0.00000361. The number of carbonyl (C=O) groups is 1. The molecule has 8 heteroatoms. The van der Waals surface area contributed by atoms with Crippen LogP contribution in [0.3, 0.4) is 0 Å². The lowest BCUT2D eigenvalue weighted by Gasteiger charge is -2.26. The van der Waals surface area contributed by atoms with Gasteiger partial charge in [-0.3, -0.25) is 10.2 Å². The van der Waals surface area contributed by atoms with Crippen LogP contribution in [-0.4, -0.2) is 37.9 Å². The van der Waals surface area contributed by atoms with Gasteiger partial charge in [0.15, 0.2) is 11.4 Å². The highest BCUT2D eigenvalue weighted by Gasteiger charge is 2.22. The zero-order valence-electron chi connectivity index (χ0n) is 21.5. The van der Waals surface area contributed by atoms with Crippen LogP contribution in [0.1, 0.15) is 84.1 Å². The van der Waals surface area contributed by atoms with Crippen LogP contribution < -0.4 is 15.1 Å². The van der Waals surface area contributed by atoms with Gasteiger partial charge < -0.3 is 9.47 Å². The average Bonchev–Trinajstić information content (AvgIpc) is 3.10. The summed E-state index contributed by atoms with van der Waals surface area (Å²) in [6.45, 7) is 11.1. The monoisotopic (exact) mass is 481 g/mol. The van der Waals surface area contributed by atoms with Gasteiger partial charge >= 0.3 is 0 Å². The second-order valence-corrected chi connectivity index (χ2v) is 10.5. The summed E-state index contributed by atoms with van der Waals surface area (Å²) in [6.07, 6.45) is 5.51. The Bertz CT molecular complexity index is 1250. The van der Waals surface area contributed by atoms with Crippen LogP contribution in [0.5, 0.6) is 11.6 Å². The molecule has 0 unspecified atom stereocenters. The third-order valence-electron chi connectivity index (χ3n) is 6.76. The van der Waals surface area contributed by atoms with Gasteiger partial charge in [-0.25, -0.2) is 4.68 Å². The Hall–Kier alpha value is -3.16. The van der Waals surface area contributed by atoms with E-state index in [4.69, 9.17) is 14.9 Å². The van der Waals surface area contributed by atoms with E-state index in [1.165, 1.54) is 28.5 Å². The fourth-order valence-corrected chi connectivity index (χ4v) is 4.09. The second-order valence-electron chi connectivity index (χ2n) is 10.5. The number of hydrogen-bond donors (Lipinski definition) is 1. The van der Waals surface area contributed by atoms with E-state index in [1.807, 2.05) is 18.2 Å². The smallest absolute Gasteiger partial charge is 0.242 e. The van der Waals surface area contributed by atoms with E-state index in [0.29, 0.717) is 29.6 Å². The van der Waals surface area contributed by atoms with Gasteiger partial charge in [-0.05, 0) is 66.8 Å². The molecule has 1 N–H and O–H groups in total. The maximum Gasteiger partial charge on any atom is 0.242 e. The first kappa shape index (κ1) is 24.9. The number of hydrogen-bond acceptors (Lipinski definition) is 6. The van der Waals surface area contributed by atoms with Crippen LogP contribution in [0, 0.1) is 11.3 Å². The summed E-state index contributed by atoms with van der Waals surface area (Å²) in [5.74, 6) is 1.66. The van der Waals surface area contributed by atoms with Crippen molar-refractivity contribution >= 4 is 11.4 Å². The van der Waals surface area contributed by atoms with Crippen LogP contribution in [0.15, 0.2) is 30.3 Å². The molecule has 1 aliphatic carbocycles. The molecular weight excluding hydrogens is 442 g/mol. The van der Waals surface area contributed by atoms with E-state index >= 15 is 0 Å². The molecule has 3 aromatic rings. The molecule has 0 aliphatic heterocycles. The van der Waals surface area contributed by atoms with Crippen molar-refractivity contribution in [2.75, 3.05) is 6.61 Å². The summed E-state index contributed by atoms with van der Waals surface area (Å²) < 4.78 is 14.8. The number of rotatable bonds is 10. The number of fused-ring (bicyclic) bond motifs is 1. The normalized spacial score (nSPS) is 14.3. The number of nitrogens with zero attached hydrogens (tertiary/aromatic N) is 4. The van der Waals surface area contributed by atoms with Gasteiger partial charge in [0.25, 0.3) is 0 Å². The SMILES string of the molecule is CCC(CC)Oc1ccc2nn(CC(=O)c3cc(OCC4CCC4)cc(C(C)(C)C)c3)c(=N)n2n1.[HH]. The zero-order valence-corrected chi connectivity index (χ0v) is 21.5. The van der Waals surface area contributed by atoms with Gasteiger partial charge in [-0.15, -0.1) is 10.2 Å². The van der Waals surface area contributed by atoms with Crippen molar-refractivity contribution in [1.29, 1.82) is 5.41 Å². The van der Waals surface area contributed by atoms with Gasteiger partial charge in [-0.2, -0.15) is 4.52 Å². The first-order valence-corrected chi connectivity index (χ1v) is 12.7. The van der Waals surface area contributed by atoms with Crippen LogP contribution in [-0.2, 0) is 12.0 Å². The Morgan fingerprint density at radius 3 is 2.54 bits per heavy atom. The highest BCUT2D eigenvalue weighted by molar-refractivity contribution is 5.96.